The molecule has 3 heteroatoms. The predicted molar refractivity (Wildman–Crippen MR) is 73.3 cm³/mol. The van der Waals surface area contributed by atoms with E-state index in [1.807, 2.05) is 12.4 Å². The zero-order chi connectivity index (χ0) is 12.4. The van der Waals surface area contributed by atoms with Gasteiger partial charge in [0.25, 0.3) is 0 Å². The van der Waals surface area contributed by atoms with Crippen molar-refractivity contribution < 1.29 is 0 Å². The van der Waals surface area contributed by atoms with Gasteiger partial charge in [0.2, 0.25) is 0 Å². The average Bonchev–Trinajstić information content (AvgIpc) is 2.85. The highest BCUT2D eigenvalue weighted by molar-refractivity contribution is 5.12. The Morgan fingerprint density at radius 2 is 2.06 bits per heavy atom. The molecule has 1 aliphatic heterocycles. The van der Waals surface area contributed by atoms with Gasteiger partial charge in [0, 0.05) is 43.6 Å². The van der Waals surface area contributed by atoms with E-state index < -0.39 is 0 Å². The lowest BCUT2D eigenvalue weighted by atomic mass is 9.90. The van der Waals surface area contributed by atoms with Crippen LogP contribution in [0, 0.1) is 0 Å². The monoisotopic (exact) mass is 245 g/mol. The van der Waals surface area contributed by atoms with Crippen LogP contribution < -0.4 is 5.32 Å². The van der Waals surface area contributed by atoms with E-state index in [1.165, 1.54) is 44.3 Å². The third-order valence-corrected chi connectivity index (χ3v) is 4.60. The smallest absolute Gasteiger partial charge is 0.0338 e. The number of hydrogen-bond acceptors (Lipinski definition) is 3. The van der Waals surface area contributed by atoms with Gasteiger partial charge >= 0.3 is 0 Å². The standard InChI is InChI=1S/C15H23N3/c1-13-10-18(11-14-4-8-16-9-5-14)15(12-17-13)6-2-3-7-15/h4-5,8-9,13,17H,2-3,6-7,10-12H2,1H3. The number of hydrogen-bond donors (Lipinski definition) is 1. The number of nitrogens with zero attached hydrogens (tertiary/aromatic N) is 2. The Kier molecular flexibility index (Phi) is 3.35. The molecule has 1 N–H and O–H groups in total. The molecule has 3 nitrogen and oxygen atoms in total. The van der Waals surface area contributed by atoms with Crippen molar-refractivity contribution in [1.29, 1.82) is 0 Å². The first-order valence-corrected chi connectivity index (χ1v) is 7.16. The van der Waals surface area contributed by atoms with Crippen molar-refractivity contribution in [2.24, 2.45) is 0 Å². The molecule has 0 amide bonds. The van der Waals surface area contributed by atoms with Crippen molar-refractivity contribution in [2.75, 3.05) is 13.1 Å². The summed E-state index contributed by atoms with van der Waals surface area (Å²) in [4.78, 5) is 6.83. The summed E-state index contributed by atoms with van der Waals surface area (Å²) in [5.74, 6) is 0. The van der Waals surface area contributed by atoms with Crippen molar-refractivity contribution in [3.05, 3.63) is 30.1 Å². The molecule has 1 aliphatic carbocycles. The van der Waals surface area contributed by atoms with Crippen molar-refractivity contribution in [3.8, 4) is 0 Å². The lowest BCUT2D eigenvalue weighted by molar-refractivity contribution is 0.0392. The van der Waals surface area contributed by atoms with Crippen molar-refractivity contribution in [2.45, 2.75) is 50.7 Å². The molecule has 3 rings (SSSR count). The summed E-state index contributed by atoms with van der Waals surface area (Å²) in [5, 5.41) is 3.68. The summed E-state index contributed by atoms with van der Waals surface area (Å²) in [6, 6.07) is 4.91. The minimum absolute atomic E-state index is 0.426. The predicted octanol–water partition coefficient (Wildman–Crippen LogP) is 2.19. The topological polar surface area (TPSA) is 28.2 Å². The van der Waals surface area contributed by atoms with Crippen molar-refractivity contribution in [1.82, 2.24) is 15.2 Å². The molecule has 0 bridgehead atoms. The summed E-state index contributed by atoms with van der Waals surface area (Å²) in [6.45, 7) is 5.71. The molecule has 18 heavy (non-hydrogen) atoms. The number of rotatable bonds is 2. The van der Waals surface area contributed by atoms with Crippen LogP contribution in [-0.4, -0.2) is 34.6 Å². The van der Waals surface area contributed by atoms with Gasteiger partial charge in [-0.1, -0.05) is 12.8 Å². The first-order chi connectivity index (χ1) is 8.78. The van der Waals surface area contributed by atoms with Gasteiger partial charge in [-0.25, -0.2) is 0 Å². The van der Waals surface area contributed by atoms with E-state index in [1.54, 1.807) is 0 Å². The zero-order valence-electron chi connectivity index (χ0n) is 11.2. The van der Waals surface area contributed by atoms with Crippen LogP contribution in [0.25, 0.3) is 0 Å². The number of pyridine rings is 1. The van der Waals surface area contributed by atoms with Crippen LogP contribution in [0.15, 0.2) is 24.5 Å². The van der Waals surface area contributed by atoms with Gasteiger partial charge in [-0.3, -0.25) is 9.88 Å². The van der Waals surface area contributed by atoms with Gasteiger partial charge in [0.15, 0.2) is 0 Å². The van der Waals surface area contributed by atoms with E-state index in [-0.39, 0.29) is 0 Å². The Bertz CT molecular complexity index is 384. The van der Waals surface area contributed by atoms with Crippen LogP contribution in [0.4, 0.5) is 0 Å². The van der Waals surface area contributed by atoms with Crippen molar-refractivity contribution in [3.63, 3.8) is 0 Å². The molecule has 2 fully saturated rings. The lowest BCUT2D eigenvalue weighted by Gasteiger charge is -2.47. The van der Waals surface area contributed by atoms with E-state index in [9.17, 15) is 0 Å². The van der Waals surface area contributed by atoms with Gasteiger partial charge in [0.1, 0.15) is 0 Å². The number of piperazine rings is 1. The summed E-state index contributed by atoms with van der Waals surface area (Å²) in [5.41, 5.74) is 1.82. The Balaban J connectivity index is 1.78. The molecule has 1 unspecified atom stereocenters. The molecule has 1 aromatic rings. The summed E-state index contributed by atoms with van der Waals surface area (Å²) in [7, 11) is 0. The van der Waals surface area contributed by atoms with Crippen LogP contribution in [0.1, 0.15) is 38.2 Å². The molecule has 1 spiro atoms. The SMILES string of the molecule is CC1CN(Cc2ccncc2)C2(CCCC2)CN1. The third-order valence-electron chi connectivity index (χ3n) is 4.60. The molecule has 1 aromatic heterocycles. The van der Waals surface area contributed by atoms with E-state index in [4.69, 9.17) is 0 Å². The van der Waals surface area contributed by atoms with Gasteiger partial charge in [-0.05, 0) is 37.5 Å². The highest BCUT2D eigenvalue weighted by Crippen LogP contribution is 2.37. The number of aromatic nitrogens is 1. The molecule has 1 atom stereocenters. The first kappa shape index (κ1) is 12.1. The molecule has 2 heterocycles. The van der Waals surface area contributed by atoms with E-state index in [0.717, 1.165) is 6.54 Å². The summed E-state index contributed by atoms with van der Waals surface area (Å²) in [6.07, 6.45) is 9.31. The van der Waals surface area contributed by atoms with Gasteiger partial charge in [0.05, 0.1) is 0 Å². The largest absolute Gasteiger partial charge is 0.311 e. The maximum absolute atomic E-state index is 4.11. The Morgan fingerprint density at radius 3 is 2.78 bits per heavy atom. The lowest BCUT2D eigenvalue weighted by Crippen LogP contribution is -2.62. The van der Waals surface area contributed by atoms with Gasteiger partial charge in [-0.2, -0.15) is 0 Å². The molecule has 1 saturated heterocycles. The Labute approximate surface area is 110 Å². The fourth-order valence-electron chi connectivity index (χ4n) is 3.53. The maximum Gasteiger partial charge on any atom is 0.0338 e. The van der Waals surface area contributed by atoms with E-state index in [2.05, 4.69) is 34.3 Å². The maximum atomic E-state index is 4.11. The molecular formula is C15H23N3. The third kappa shape index (κ3) is 2.29. The molecule has 98 valence electrons. The molecule has 0 radical (unpaired) electrons. The van der Waals surface area contributed by atoms with Crippen molar-refractivity contribution >= 4 is 0 Å². The number of nitrogens with one attached hydrogen (secondary N) is 1. The highest BCUT2D eigenvalue weighted by atomic mass is 15.3. The summed E-state index contributed by atoms with van der Waals surface area (Å²) < 4.78 is 0. The minimum Gasteiger partial charge on any atom is -0.311 e. The average molecular weight is 245 g/mol. The van der Waals surface area contributed by atoms with Crippen LogP contribution in [0.3, 0.4) is 0 Å². The highest BCUT2D eigenvalue weighted by Gasteiger charge is 2.42. The molecule has 0 aromatic carbocycles. The second kappa shape index (κ2) is 4.98. The second-order valence-electron chi connectivity index (χ2n) is 5.95. The fourth-order valence-corrected chi connectivity index (χ4v) is 3.53. The Hall–Kier alpha value is -0.930. The van der Waals surface area contributed by atoms with Crippen LogP contribution in [0.5, 0.6) is 0 Å². The molecule has 2 aliphatic rings. The molecular weight excluding hydrogens is 222 g/mol. The van der Waals surface area contributed by atoms with Crippen LogP contribution in [-0.2, 0) is 6.54 Å². The minimum atomic E-state index is 0.426. The second-order valence-corrected chi connectivity index (χ2v) is 5.95. The Morgan fingerprint density at radius 1 is 1.33 bits per heavy atom. The normalized spacial score (nSPS) is 27.7. The fraction of sp³-hybridized carbons (Fsp3) is 0.667. The summed E-state index contributed by atoms with van der Waals surface area (Å²) >= 11 is 0. The zero-order valence-corrected chi connectivity index (χ0v) is 11.2. The van der Waals surface area contributed by atoms with Gasteiger partial charge < -0.3 is 5.32 Å². The first-order valence-electron chi connectivity index (χ1n) is 7.16. The van der Waals surface area contributed by atoms with Crippen LogP contribution >= 0.6 is 0 Å². The molecule has 1 saturated carbocycles. The van der Waals surface area contributed by atoms with E-state index in [0.29, 0.717) is 11.6 Å². The van der Waals surface area contributed by atoms with E-state index >= 15 is 0 Å². The van der Waals surface area contributed by atoms with Crippen LogP contribution in [0.2, 0.25) is 0 Å². The van der Waals surface area contributed by atoms with Gasteiger partial charge in [-0.15, -0.1) is 0 Å². The quantitative estimate of drug-likeness (QED) is 0.865.